The van der Waals surface area contributed by atoms with Gasteiger partial charge in [0.2, 0.25) is 0 Å². The van der Waals surface area contributed by atoms with Gasteiger partial charge in [-0.15, -0.1) is 0 Å². The van der Waals surface area contributed by atoms with Crippen molar-refractivity contribution in [1.82, 2.24) is 14.7 Å². The number of rotatable bonds is 6. The fourth-order valence-electron chi connectivity index (χ4n) is 3.46. The van der Waals surface area contributed by atoms with Crippen molar-refractivity contribution in [2.75, 3.05) is 18.4 Å². The van der Waals surface area contributed by atoms with Gasteiger partial charge in [0.05, 0.1) is 13.1 Å². The zero-order valence-corrected chi connectivity index (χ0v) is 16.7. The van der Waals surface area contributed by atoms with Crippen LogP contribution in [0.1, 0.15) is 41.1 Å². The lowest BCUT2D eigenvalue weighted by atomic mass is 10.1. The number of carbonyl (C=O) groups is 1. The minimum absolute atomic E-state index is 0.169. The molecule has 29 heavy (non-hydrogen) atoms. The first kappa shape index (κ1) is 19.7. The number of hydrogen-bond acceptors (Lipinski definition) is 4. The summed E-state index contributed by atoms with van der Waals surface area (Å²) in [7, 11) is 0. The number of carbonyl (C=O) groups excluding carboxylic acids is 1. The summed E-state index contributed by atoms with van der Waals surface area (Å²) in [5.41, 5.74) is 0.350. The average molecular weight is 417 g/mol. The molecule has 0 aliphatic carbocycles. The summed E-state index contributed by atoms with van der Waals surface area (Å²) < 4.78 is 21.2. The summed E-state index contributed by atoms with van der Waals surface area (Å²) in [5, 5.41) is 7.30. The standard InChI is InChI=1S/C21H22ClFN4O2/c22-17-5-4-6-18(23)16(17)14-27-12-9-20(25-27)24-21(28)19-8-7-15(29-19)13-26-10-2-1-3-11-26/h4-9,12H,1-3,10-11,13-14H2,(H,24,25,28). The first-order valence-electron chi connectivity index (χ1n) is 9.67. The Morgan fingerprint density at radius 3 is 2.76 bits per heavy atom. The van der Waals surface area contributed by atoms with Crippen LogP contribution >= 0.6 is 11.6 Å². The van der Waals surface area contributed by atoms with E-state index in [-0.39, 0.29) is 18.2 Å². The molecule has 3 heterocycles. The Hall–Kier alpha value is -2.64. The van der Waals surface area contributed by atoms with Crippen LogP contribution in [0, 0.1) is 5.82 Å². The van der Waals surface area contributed by atoms with Gasteiger partial charge in [-0.3, -0.25) is 14.4 Å². The van der Waals surface area contributed by atoms with Crippen LogP contribution < -0.4 is 5.32 Å². The molecule has 152 valence electrons. The minimum atomic E-state index is -0.393. The first-order chi connectivity index (χ1) is 14.1. The predicted molar refractivity (Wildman–Crippen MR) is 109 cm³/mol. The largest absolute Gasteiger partial charge is 0.455 e. The third-order valence-electron chi connectivity index (χ3n) is 4.98. The van der Waals surface area contributed by atoms with E-state index in [4.69, 9.17) is 16.0 Å². The van der Waals surface area contributed by atoms with Crippen LogP contribution in [-0.2, 0) is 13.1 Å². The third-order valence-corrected chi connectivity index (χ3v) is 5.33. The molecule has 0 bridgehead atoms. The molecular weight excluding hydrogens is 395 g/mol. The van der Waals surface area contributed by atoms with Gasteiger partial charge in [0, 0.05) is 22.8 Å². The van der Waals surface area contributed by atoms with E-state index >= 15 is 0 Å². The Kier molecular flexibility index (Phi) is 5.97. The normalized spacial score (nSPS) is 14.8. The van der Waals surface area contributed by atoms with Crippen molar-refractivity contribution in [2.45, 2.75) is 32.4 Å². The zero-order valence-electron chi connectivity index (χ0n) is 15.9. The third kappa shape index (κ3) is 4.86. The number of nitrogens with one attached hydrogen (secondary N) is 1. The molecule has 0 unspecified atom stereocenters. The monoisotopic (exact) mass is 416 g/mol. The zero-order chi connectivity index (χ0) is 20.2. The van der Waals surface area contributed by atoms with Gasteiger partial charge in [-0.1, -0.05) is 24.1 Å². The summed E-state index contributed by atoms with van der Waals surface area (Å²) in [4.78, 5) is 14.8. The molecule has 0 radical (unpaired) electrons. The number of aromatic nitrogens is 2. The number of anilines is 1. The molecule has 3 aromatic rings. The fraction of sp³-hybridized carbons (Fsp3) is 0.333. The summed E-state index contributed by atoms with van der Waals surface area (Å²) in [6, 6.07) is 9.69. The highest BCUT2D eigenvalue weighted by Gasteiger charge is 2.16. The van der Waals surface area contributed by atoms with Crippen LogP contribution in [0.3, 0.4) is 0 Å². The van der Waals surface area contributed by atoms with Crippen molar-refractivity contribution in [3.8, 4) is 0 Å². The Bertz CT molecular complexity index is 974. The molecule has 4 rings (SSSR count). The molecule has 1 aliphatic heterocycles. The minimum Gasteiger partial charge on any atom is -0.455 e. The summed E-state index contributed by atoms with van der Waals surface area (Å²) >= 11 is 6.06. The quantitative estimate of drug-likeness (QED) is 0.640. The van der Waals surface area contributed by atoms with Crippen LogP contribution in [0.4, 0.5) is 10.2 Å². The Balaban J connectivity index is 1.37. The maximum absolute atomic E-state index is 13.9. The second-order valence-electron chi connectivity index (χ2n) is 7.16. The molecule has 1 saturated heterocycles. The molecule has 0 atom stereocenters. The van der Waals surface area contributed by atoms with E-state index in [2.05, 4.69) is 15.3 Å². The highest BCUT2D eigenvalue weighted by molar-refractivity contribution is 6.31. The summed E-state index contributed by atoms with van der Waals surface area (Å²) in [6.45, 7) is 3.00. The molecule has 2 aromatic heterocycles. The van der Waals surface area contributed by atoms with Gasteiger partial charge < -0.3 is 9.73 Å². The molecule has 0 saturated carbocycles. The topological polar surface area (TPSA) is 63.3 Å². The van der Waals surface area contributed by atoms with E-state index in [9.17, 15) is 9.18 Å². The van der Waals surface area contributed by atoms with Crippen molar-refractivity contribution in [3.05, 3.63) is 70.5 Å². The lowest BCUT2D eigenvalue weighted by Crippen LogP contribution is -2.28. The highest BCUT2D eigenvalue weighted by atomic mass is 35.5. The molecule has 1 aromatic carbocycles. The number of likely N-dealkylation sites (tertiary alicyclic amines) is 1. The van der Waals surface area contributed by atoms with Gasteiger partial charge in [0.25, 0.3) is 5.91 Å². The van der Waals surface area contributed by atoms with E-state index in [1.54, 1.807) is 30.5 Å². The van der Waals surface area contributed by atoms with E-state index in [0.717, 1.165) is 18.8 Å². The summed E-state index contributed by atoms with van der Waals surface area (Å²) in [6.07, 6.45) is 5.34. The van der Waals surface area contributed by atoms with Crippen LogP contribution in [-0.4, -0.2) is 33.7 Å². The molecule has 1 fully saturated rings. The fourth-order valence-corrected chi connectivity index (χ4v) is 3.69. The Morgan fingerprint density at radius 1 is 1.14 bits per heavy atom. The first-order valence-corrected chi connectivity index (χ1v) is 10.0. The van der Waals surface area contributed by atoms with Gasteiger partial charge in [-0.05, 0) is 50.2 Å². The molecule has 1 N–H and O–H groups in total. The average Bonchev–Trinajstić information content (AvgIpc) is 3.35. The van der Waals surface area contributed by atoms with Gasteiger partial charge >= 0.3 is 0 Å². The number of amides is 1. The molecule has 1 aliphatic rings. The lowest BCUT2D eigenvalue weighted by Gasteiger charge is -2.25. The van der Waals surface area contributed by atoms with Gasteiger partial charge in [-0.25, -0.2) is 4.39 Å². The number of benzene rings is 1. The van der Waals surface area contributed by atoms with Crippen molar-refractivity contribution in [1.29, 1.82) is 0 Å². The maximum Gasteiger partial charge on any atom is 0.292 e. The smallest absolute Gasteiger partial charge is 0.292 e. The van der Waals surface area contributed by atoms with Crippen molar-refractivity contribution < 1.29 is 13.6 Å². The van der Waals surface area contributed by atoms with Crippen LogP contribution in [0.2, 0.25) is 5.02 Å². The molecule has 0 spiro atoms. The maximum atomic E-state index is 13.9. The number of furan rings is 1. The molecule has 6 nitrogen and oxygen atoms in total. The van der Waals surface area contributed by atoms with Gasteiger partial charge in [0.15, 0.2) is 11.6 Å². The molecule has 8 heteroatoms. The van der Waals surface area contributed by atoms with Crippen LogP contribution in [0.25, 0.3) is 0 Å². The van der Waals surface area contributed by atoms with E-state index < -0.39 is 5.82 Å². The number of hydrogen-bond donors (Lipinski definition) is 1. The van der Waals surface area contributed by atoms with Gasteiger partial charge in [0.1, 0.15) is 11.6 Å². The summed E-state index contributed by atoms with van der Waals surface area (Å²) in [5.74, 6) is 0.608. The Labute approximate surface area is 173 Å². The predicted octanol–water partition coefficient (Wildman–Crippen LogP) is 4.56. The van der Waals surface area contributed by atoms with Crippen LogP contribution in [0.15, 0.2) is 47.0 Å². The molecular formula is C21H22ClFN4O2. The molecule has 1 amide bonds. The van der Waals surface area contributed by atoms with E-state index in [0.29, 0.717) is 22.9 Å². The van der Waals surface area contributed by atoms with E-state index in [1.807, 2.05) is 6.07 Å². The second kappa shape index (κ2) is 8.80. The Morgan fingerprint density at radius 2 is 1.97 bits per heavy atom. The van der Waals surface area contributed by atoms with Gasteiger partial charge in [-0.2, -0.15) is 5.10 Å². The van der Waals surface area contributed by atoms with E-state index in [1.165, 1.54) is 30.0 Å². The van der Waals surface area contributed by atoms with Crippen molar-refractivity contribution in [3.63, 3.8) is 0 Å². The van der Waals surface area contributed by atoms with Crippen molar-refractivity contribution >= 4 is 23.3 Å². The van der Waals surface area contributed by atoms with Crippen molar-refractivity contribution in [2.24, 2.45) is 0 Å². The number of halogens is 2. The highest BCUT2D eigenvalue weighted by Crippen LogP contribution is 2.20. The van der Waals surface area contributed by atoms with Crippen LogP contribution in [0.5, 0.6) is 0 Å². The number of nitrogens with zero attached hydrogens (tertiary/aromatic N) is 3. The second-order valence-corrected chi connectivity index (χ2v) is 7.56. The SMILES string of the molecule is O=C(Nc1ccn(Cc2c(F)cccc2Cl)n1)c1ccc(CN2CCCCC2)o1. The lowest BCUT2D eigenvalue weighted by molar-refractivity contribution is 0.0991. The number of piperidine rings is 1.